The van der Waals surface area contributed by atoms with E-state index >= 15 is 0 Å². The normalized spacial score (nSPS) is 16.0. The molecule has 7 nitrogen and oxygen atoms in total. The minimum absolute atomic E-state index is 0.106. The van der Waals surface area contributed by atoms with Crippen molar-refractivity contribution < 1.29 is 9.90 Å². The number of anilines is 1. The first-order chi connectivity index (χ1) is 13.3. The number of aliphatic hydroxyl groups excluding tert-OH is 1. The summed E-state index contributed by atoms with van der Waals surface area (Å²) in [5.41, 5.74) is 1.35. The summed E-state index contributed by atoms with van der Waals surface area (Å²) in [5, 5.41) is 12.1. The van der Waals surface area contributed by atoms with Crippen molar-refractivity contribution in [3.8, 4) is 0 Å². The molecule has 3 heterocycles. The molecular formula is C19H22N4O3S2. The van der Waals surface area contributed by atoms with Gasteiger partial charge in [-0.25, -0.2) is 4.98 Å². The first-order valence-corrected chi connectivity index (χ1v) is 10.2. The van der Waals surface area contributed by atoms with Gasteiger partial charge in [-0.15, -0.1) is 0 Å². The van der Waals surface area contributed by atoms with E-state index in [9.17, 15) is 9.59 Å². The van der Waals surface area contributed by atoms with Gasteiger partial charge in [0, 0.05) is 19.3 Å². The number of hydrogen-bond donors (Lipinski definition) is 2. The summed E-state index contributed by atoms with van der Waals surface area (Å²) in [6.07, 6.45) is 3.19. The first kappa shape index (κ1) is 20.5. The molecule has 2 aromatic rings. The Morgan fingerprint density at radius 2 is 2.14 bits per heavy atom. The molecule has 3 rings (SSSR count). The average molecular weight is 419 g/mol. The molecule has 1 saturated heterocycles. The van der Waals surface area contributed by atoms with Crippen molar-refractivity contribution in [1.82, 2.24) is 14.3 Å². The van der Waals surface area contributed by atoms with E-state index in [0.717, 1.165) is 5.56 Å². The van der Waals surface area contributed by atoms with Gasteiger partial charge in [0.05, 0.1) is 17.1 Å². The second-order valence-corrected chi connectivity index (χ2v) is 8.58. The van der Waals surface area contributed by atoms with Crippen LogP contribution in [-0.2, 0) is 4.79 Å². The van der Waals surface area contributed by atoms with Crippen LogP contribution in [0.5, 0.6) is 0 Å². The van der Waals surface area contributed by atoms with Gasteiger partial charge in [0.15, 0.2) is 0 Å². The fourth-order valence-electron chi connectivity index (χ4n) is 2.90. The largest absolute Gasteiger partial charge is 0.395 e. The molecule has 0 aliphatic carbocycles. The number of nitrogens with zero attached hydrogens (tertiary/aromatic N) is 3. The molecule has 9 heteroatoms. The van der Waals surface area contributed by atoms with Crippen LogP contribution in [-0.4, -0.2) is 49.3 Å². The molecule has 0 bridgehead atoms. The smallest absolute Gasteiger partial charge is 0.267 e. The quantitative estimate of drug-likeness (QED) is 0.550. The summed E-state index contributed by atoms with van der Waals surface area (Å²) >= 11 is 6.52. The lowest BCUT2D eigenvalue weighted by molar-refractivity contribution is -0.122. The first-order valence-electron chi connectivity index (χ1n) is 8.95. The van der Waals surface area contributed by atoms with Crippen LogP contribution < -0.4 is 10.9 Å². The molecule has 0 atom stereocenters. The van der Waals surface area contributed by atoms with E-state index < -0.39 is 0 Å². The molecule has 28 heavy (non-hydrogen) atoms. The summed E-state index contributed by atoms with van der Waals surface area (Å²) in [7, 11) is 0. The third-order valence-electron chi connectivity index (χ3n) is 4.19. The third-order valence-corrected chi connectivity index (χ3v) is 5.56. The summed E-state index contributed by atoms with van der Waals surface area (Å²) < 4.78 is 1.94. The summed E-state index contributed by atoms with van der Waals surface area (Å²) in [5.74, 6) is 0.410. The van der Waals surface area contributed by atoms with Gasteiger partial charge in [-0.05, 0) is 30.5 Å². The molecule has 148 valence electrons. The van der Waals surface area contributed by atoms with E-state index in [1.165, 1.54) is 16.2 Å². The predicted octanol–water partition coefficient (Wildman–Crippen LogP) is 2.26. The Morgan fingerprint density at radius 3 is 2.82 bits per heavy atom. The zero-order chi connectivity index (χ0) is 20.4. The van der Waals surface area contributed by atoms with Crippen molar-refractivity contribution in [3.05, 3.63) is 44.7 Å². The Balaban J connectivity index is 2.13. The van der Waals surface area contributed by atoms with E-state index in [2.05, 4.69) is 10.3 Å². The number of aryl methyl sites for hydroxylation is 1. The Labute approximate surface area is 172 Å². The van der Waals surface area contributed by atoms with Crippen LogP contribution in [0.4, 0.5) is 5.82 Å². The van der Waals surface area contributed by atoms with Crippen molar-refractivity contribution in [3.63, 3.8) is 0 Å². The van der Waals surface area contributed by atoms with Gasteiger partial charge in [0.1, 0.15) is 15.8 Å². The monoisotopic (exact) mass is 418 g/mol. The second-order valence-electron chi connectivity index (χ2n) is 6.90. The fourth-order valence-corrected chi connectivity index (χ4v) is 4.16. The average Bonchev–Trinajstić information content (AvgIpc) is 2.90. The summed E-state index contributed by atoms with van der Waals surface area (Å²) in [6, 6.07) is 3.65. The number of thiocarbonyl (C=S) groups is 1. The zero-order valence-electron chi connectivity index (χ0n) is 15.9. The standard InChI is InChI=1S/C19H22N4O3S2/c1-11(2)10-23-18(26)14(28-19(23)27)9-13-15(20-6-8-24)21-16-12(3)5-4-7-22(16)17(13)25/h4-5,7,9,11,20,24H,6,8,10H2,1-3H3. The van der Waals surface area contributed by atoms with Crippen LogP contribution >= 0.6 is 24.0 Å². The molecule has 0 radical (unpaired) electrons. The minimum Gasteiger partial charge on any atom is -0.395 e. The topological polar surface area (TPSA) is 86.9 Å². The number of carbonyl (C=O) groups is 1. The molecule has 0 spiro atoms. The number of rotatable bonds is 6. The zero-order valence-corrected chi connectivity index (χ0v) is 17.6. The number of thioether (sulfide) groups is 1. The van der Waals surface area contributed by atoms with Crippen LogP contribution in [0.2, 0.25) is 0 Å². The number of fused-ring (bicyclic) bond motifs is 1. The molecular weight excluding hydrogens is 396 g/mol. The van der Waals surface area contributed by atoms with Crippen LogP contribution in [0.3, 0.4) is 0 Å². The maximum Gasteiger partial charge on any atom is 0.267 e. The molecule has 0 unspecified atom stereocenters. The maximum absolute atomic E-state index is 13.1. The van der Waals surface area contributed by atoms with E-state index in [1.54, 1.807) is 23.2 Å². The molecule has 0 saturated carbocycles. The molecule has 1 amide bonds. The second kappa shape index (κ2) is 8.42. The Kier molecular flexibility index (Phi) is 6.17. The minimum atomic E-state index is -0.289. The van der Waals surface area contributed by atoms with Crippen LogP contribution in [0.15, 0.2) is 28.0 Å². The van der Waals surface area contributed by atoms with E-state index in [-0.39, 0.29) is 36.1 Å². The van der Waals surface area contributed by atoms with Crippen LogP contribution in [0.25, 0.3) is 11.7 Å². The van der Waals surface area contributed by atoms with E-state index in [4.69, 9.17) is 17.3 Å². The lowest BCUT2D eigenvalue weighted by Gasteiger charge is -2.16. The van der Waals surface area contributed by atoms with Crippen molar-refractivity contribution >= 4 is 51.7 Å². The van der Waals surface area contributed by atoms with E-state index in [0.29, 0.717) is 27.2 Å². The molecule has 0 aromatic carbocycles. The van der Waals surface area contributed by atoms with Gasteiger partial charge >= 0.3 is 0 Å². The highest BCUT2D eigenvalue weighted by molar-refractivity contribution is 8.26. The van der Waals surface area contributed by atoms with Crippen LogP contribution in [0.1, 0.15) is 25.0 Å². The van der Waals surface area contributed by atoms with Gasteiger partial charge in [-0.1, -0.05) is 43.9 Å². The van der Waals surface area contributed by atoms with Gasteiger partial charge in [0.25, 0.3) is 11.5 Å². The Bertz CT molecular complexity index is 1030. The van der Waals surface area contributed by atoms with Gasteiger partial charge in [0.2, 0.25) is 0 Å². The summed E-state index contributed by atoms with van der Waals surface area (Å²) in [4.78, 5) is 32.4. The third kappa shape index (κ3) is 3.96. The van der Waals surface area contributed by atoms with Gasteiger partial charge in [-0.2, -0.15) is 0 Å². The lowest BCUT2D eigenvalue weighted by Crippen LogP contribution is -2.31. The highest BCUT2D eigenvalue weighted by Gasteiger charge is 2.32. The number of aromatic nitrogens is 2. The number of pyridine rings is 1. The molecule has 1 aliphatic heterocycles. The van der Waals surface area contributed by atoms with Gasteiger partial charge < -0.3 is 10.4 Å². The Hall–Kier alpha value is -2.23. The summed E-state index contributed by atoms with van der Waals surface area (Å²) in [6.45, 7) is 6.57. The number of carbonyl (C=O) groups excluding carboxylic acids is 1. The fraction of sp³-hybridized carbons (Fsp3) is 0.368. The van der Waals surface area contributed by atoms with Crippen molar-refractivity contribution in [1.29, 1.82) is 0 Å². The highest BCUT2D eigenvalue weighted by Crippen LogP contribution is 2.33. The van der Waals surface area contributed by atoms with Crippen molar-refractivity contribution in [2.75, 3.05) is 25.0 Å². The van der Waals surface area contributed by atoms with E-state index in [1.807, 2.05) is 26.8 Å². The van der Waals surface area contributed by atoms with Crippen LogP contribution in [0, 0.1) is 12.8 Å². The molecule has 2 N–H and O–H groups in total. The van der Waals surface area contributed by atoms with Crippen molar-refractivity contribution in [2.45, 2.75) is 20.8 Å². The molecule has 1 fully saturated rings. The number of hydrogen-bond acceptors (Lipinski definition) is 7. The maximum atomic E-state index is 13.1. The van der Waals surface area contributed by atoms with Gasteiger partial charge in [-0.3, -0.25) is 18.9 Å². The number of aliphatic hydroxyl groups is 1. The lowest BCUT2D eigenvalue weighted by atomic mass is 10.2. The highest BCUT2D eigenvalue weighted by atomic mass is 32.2. The predicted molar refractivity (Wildman–Crippen MR) is 116 cm³/mol. The van der Waals surface area contributed by atoms with Crippen molar-refractivity contribution in [2.24, 2.45) is 5.92 Å². The number of amides is 1. The number of nitrogens with one attached hydrogen (secondary N) is 1. The Morgan fingerprint density at radius 1 is 1.39 bits per heavy atom. The molecule has 2 aromatic heterocycles. The molecule has 1 aliphatic rings. The SMILES string of the molecule is Cc1cccn2c(=O)c(C=C3SC(=S)N(CC(C)C)C3=O)c(NCCO)nc12.